The summed E-state index contributed by atoms with van der Waals surface area (Å²) in [6, 6.07) is 9.66. The third kappa shape index (κ3) is 5.73. The number of aliphatic hydroxyl groups is 3. The number of fused-ring (bicyclic) bond motifs is 3. The summed E-state index contributed by atoms with van der Waals surface area (Å²) in [5.74, 6) is -2.04. The van der Waals surface area contributed by atoms with E-state index in [4.69, 9.17) is 9.47 Å². The largest absolute Gasteiger partial charge is 0.458 e. The second kappa shape index (κ2) is 13.7. The highest BCUT2D eigenvalue weighted by Gasteiger charge is 2.83. The first kappa shape index (κ1) is 35.0. The van der Waals surface area contributed by atoms with Gasteiger partial charge in [0.15, 0.2) is 5.78 Å². The Morgan fingerprint density at radius 2 is 1.57 bits per heavy atom. The average molecular weight is 637 g/mol. The molecule has 2 fully saturated rings. The maximum absolute atomic E-state index is 14.8. The van der Waals surface area contributed by atoms with Crippen molar-refractivity contribution >= 4 is 11.8 Å². The number of ether oxygens (including phenoxy) is 2. The minimum Gasteiger partial charge on any atom is -0.458 e. The lowest BCUT2D eigenvalue weighted by Crippen LogP contribution is -2.65. The molecule has 7 nitrogen and oxygen atoms in total. The molecule has 0 heterocycles. The maximum Gasteiger partial charge on any atom is 0.306 e. The number of carbonyl (C=O) groups is 2. The van der Waals surface area contributed by atoms with Crippen LogP contribution in [-0.4, -0.2) is 57.1 Å². The number of unbranched alkanes of at least 4 members (excludes halogenated alkanes) is 8. The lowest BCUT2D eigenvalue weighted by Gasteiger charge is -2.48. The molecule has 3 N–H and O–H groups in total. The standard InChI is InChI=1S/C39H56O7/c1-6-7-8-9-10-11-12-13-17-20-31(40)46-38-23-27(3)37-22-26(2)33(41)39(37,44)34(42)29(25-45-24-28-18-15-14-16-19-28)21-30(35(37)43)32(38)36(38,4)5/h14-16,18-19,21-22,27,30,32-34,41-42,44H,6-13,17,20,23-25H2,1-5H3/t27-,30+,32-,33+,34-,37+,38+,39-/m1/s1. The van der Waals surface area contributed by atoms with Gasteiger partial charge in [-0.25, -0.2) is 0 Å². The van der Waals surface area contributed by atoms with E-state index in [1.54, 1.807) is 19.1 Å². The summed E-state index contributed by atoms with van der Waals surface area (Å²) >= 11 is 0. The van der Waals surface area contributed by atoms with Crippen molar-refractivity contribution in [2.24, 2.45) is 28.6 Å². The zero-order chi connectivity index (χ0) is 33.3. The SMILES string of the molecule is CCCCCCCCCCCC(=O)O[C@@]12C[C@@H](C)[C@]34C=C(C)[C@H](O)[C@@]3(O)[C@H](O)C(COCc3ccccc3)=C[C@H](C4=O)[C@@H]1C2(C)C. The highest BCUT2D eigenvalue weighted by molar-refractivity contribution is 5.95. The van der Waals surface area contributed by atoms with Crippen molar-refractivity contribution in [3.05, 3.63) is 59.2 Å². The number of ketones is 1. The van der Waals surface area contributed by atoms with Gasteiger partial charge in [-0.2, -0.15) is 0 Å². The molecule has 2 saturated carbocycles. The lowest BCUT2D eigenvalue weighted by molar-refractivity contribution is -0.192. The third-order valence-corrected chi connectivity index (χ3v) is 12.0. The minimum absolute atomic E-state index is 0.0169. The number of esters is 1. The van der Waals surface area contributed by atoms with Crippen LogP contribution in [0.15, 0.2) is 53.6 Å². The van der Waals surface area contributed by atoms with E-state index in [-0.39, 0.29) is 24.3 Å². The van der Waals surface area contributed by atoms with Gasteiger partial charge in [0.2, 0.25) is 0 Å². The van der Waals surface area contributed by atoms with Crippen LogP contribution in [0, 0.1) is 28.6 Å². The van der Waals surface area contributed by atoms with Gasteiger partial charge in [-0.3, -0.25) is 9.59 Å². The van der Waals surface area contributed by atoms with Gasteiger partial charge < -0.3 is 24.8 Å². The fraction of sp³-hybridized carbons (Fsp3) is 0.692. The van der Waals surface area contributed by atoms with Crippen LogP contribution in [0.1, 0.15) is 111 Å². The van der Waals surface area contributed by atoms with Gasteiger partial charge in [0.25, 0.3) is 0 Å². The first-order valence-electron chi connectivity index (χ1n) is 17.7. The summed E-state index contributed by atoms with van der Waals surface area (Å²) in [4.78, 5) is 28.2. The molecule has 5 rings (SSSR count). The summed E-state index contributed by atoms with van der Waals surface area (Å²) in [6.45, 7) is 10.2. The molecule has 0 radical (unpaired) electrons. The molecule has 1 spiro atoms. The Hall–Kier alpha value is -2.32. The average Bonchev–Trinajstić information content (AvgIpc) is 3.44. The van der Waals surface area contributed by atoms with E-state index in [1.165, 1.54) is 38.5 Å². The molecule has 46 heavy (non-hydrogen) atoms. The van der Waals surface area contributed by atoms with E-state index in [0.717, 1.165) is 24.8 Å². The molecule has 0 aromatic heterocycles. The summed E-state index contributed by atoms with van der Waals surface area (Å²) in [5, 5.41) is 35.7. The van der Waals surface area contributed by atoms with Crippen LogP contribution in [0.3, 0.4) is 0 Å². The topological polar surface area (TPSA) is 113 Å². The van der Waals surface area contributed by atoms with Gasteiger partial charge in [0, 0.05) is 23.7 Å². The fourth-order valence-corrected chi connectivity index (χ4v) is 9.41. The normalized spacial score (nSPS) is 35.7. The highest BCUT2D eigenvalue weighted by atomic mass is 16.6. The van der Waals surface area contributed by atoms with E-state index >= 15 is 0 Å². The molecule has 1 aromatic carbocycles. The van der Waals surface area contributed by atoms with Gasteiger partial charge in [-0.15, -0.1) is 0 Å². The molecule has 0 unspecified atom stereocenters. The number of hydrogen-bond donors (Lipinski definition) is 3. The molecule has 1 aromatic rings. The van der Waals surface area contributed by atoms with Gasteiger partial charge in [0.1, 0.15) is 23.4 Å². The van der Waals surface area contributed by atoms with Crippen LogP contribution in [0.4, 0.5) is 0 Å². The first-order valence-corrected chi connectivity index (χ1v) is 17.7. The van der Waals surface area contributed by atoms with Crippen molar-refractivity contribution in [1.82, 2.24) is 0 Å². The number of aliphatic hydroxyl groups excluding tert-OH is 2. The monoisotopic (exact) mass is 636 g/mol. The number of allylic oxidation sites excluding steroid dienone is 1. The van der Waals surface area contributed by atoms with Crippen LogP contribution < -0.4 is 0 Å². The molecule has 4 aliphatic rings. The minimum atomic E-state index is -2.17. The number of rotatable bonds is 15. The molecular formula is C39H56O7. The quantitative estimate of drug-likeness (QED) is 0.113. The van der Waals surface area contributed by atoms with Gasteiger partial charge in [0.05, 0.1) is 18.6 Å². The molecule has 7 heteroatoms. The Morgan fingerprint density at radius 3 is 2.22 bits per heavy atom. The van der Waals surface area contributed by atoms with Gasteiger partial charge in [-0.1, -0.05) is 122 Å². The fourth-order valence-electron chi connectivity index (χ4n) is 9.41. The maximum atomic E-state index is 14.8. The van der Waals surface area contributed by atoms with Crippen molar-refractivity contribution in [2.45, 2.75) is 135 Å². The molecule has 0 aliphatic heterocycles. The zero-order valence-electron chi connectivity index (χ0n) is 28.6. The molecule has 8 atom stereocenters. The summed E-state index contributed by atoms with van der Waals surface area (Å²) < 4.78 is 12.5. The molecule has 4 aliphatic carbocycles. The van der Waals surface area contributed by atoms with Crippen LogP contribution in [0.5, 0.6) is 0 Å². The van der Waals surface area contributed by atoms with E-state index in [1.807, 2.05) is 37.3 Å². The van der Waals surface area contributed by atoms with Crippen molar-refractivity contribution in [1.29, 1.82) is 0 Å². The Balaban J connectivity index is 1.37. The molecule has 0 saturated heterocycles. The van der Waals surface area contributed by atoms with Crippen molar-refractivity contribution in [3.63, 3.8) is 0 Å². The third-order valence-electron chi connectivity index (χ3n) is 12.0. The van der Waals surface area contributed by atoms with E-state index in [0.29, 0.717) is 30.6 Å². The highest BCUT2D eigenvalue weighted by Crippen LogP contribution is 2.75. The molecule has 2 bridgehead atoms. The lowest BCUT2D eigenvalue weighted by atomic mass is 9.59. The predicted octanol–water partition coefficient (Wildman–Crippen LogP) is 6.63. The smallest absolute Gasteiger partial charge is 0.306 e. The molecule has 254 valence electrons. The summed E-state index contributed by atoms with van der Waals surface area (Å²) in [5.41, 5.74) is -3.32. The Bertz CT molecular complexity index is 1320. The Labute approximate surface area is 275 Å². The number of Topliss-reactive ketones (excluding diaryl/α,β-unsaturated/α-hetero) is 1. The van der Waals surface area contributed by atoms with E-state index in [9.17, 15) is 24.9 Å². The number of hydrogen-bond acceptors (Lipinski definition) is 7. The van der Waals surface area contributed by atoms with Gasteiger partial charge in [-0.05, 0) is 42.4 Å². The molecular weight excluding hydrogens is 580 g/mol. The Morgan fingerprint density at radius 1 is 0.935 bits per heavy atom. The van der Waals surface area contributed by atoms with Crippen LogP contribution in [0.2, 0.25) is 0 Å². The number of carbonyl (C=O) groups excluding carboxylic acids is 2. The zero-order valence-corrected chi connectivity index (χ0v) is 28.6. The summed E-state index contributed by atoms with van der Waals surface area (Å²) in [7, 11) is 0. The number of benzene rings is 1. The van der Waals surface area contributed by atoms with Crippen LogP contribution in [-0.2, 0) is 25.7 Å². The van der Waals surface area contributed by atoms with Crippen molar-refractivity contribution in [3.8, 4) is 0 Å². The van der Waals surface area contributed by atoms with Crippen molar-refractivity contribution in [2.75, 3.05) is 6.61 Å². The second-order valence-corrected chi connectivity index (χ2v) is 15.2. The summed E-state index contributed by atoms with van der Waals surface area (Å²) in [6.07, 6.45) is 11.6. The predicted molar refractivity (Wildman–Crippen MR) is 178 cm³/mol. The Kier molecular flexibility index (Phi) is 10.4. The van der Waals surface area contributed by atoms with Crippen LogP contribution in [0.25, 0.3) is 0 Å². The first-order chi connectivity index (χ1) is 21.9. The van der Waals surface area contributed by atoms with Gasteiger partial charge >= 0.3 is 5.97 Å². The molecule has 0 amide bonds. The van der Waals surface area contributed by atoms with Crippen molar-refractivity contribution < 1.29 is 34.4 Å². The van der Waals surface area contributed by atoms with E-state index in [2.05, 4.69) is 20.8 Å². The van der Waals surface area contributed by atoms with E-state index < -0.39 is 46.1 Å². The van der Waals surface area contributed by atoms with Crippen LogP contribution >= 0.6 is 0 Å². The second-order valence-electron chi connectivity index (χ2n) is 15.2.